The van der Waals surface area contributed by atoms with Crippen LogP contribution in [-0.4, -0.2) is 36.3 Å². The Balaban J connectivity index is 1.57. The molecule has 1 N–H and O–H groups in total. The zero-order valence-corrected chi connectivity index (χ0v) is 15.7. The number of benzene rings is 2. The molecule has 2 aliphatic rings. The summed E-state index contributed by atoms with van der Waals surface area (Å²) in [4.78, 5) is 27.7. The summed E-state index contributed by atoms with van der Waals surface area (Å²) < 4.78 is 0. The lowest BCUT2D eigenvalue weighted by Crippen LogP contribution is -2.36. The third kappa shape index (κ3) is 3.90. The Bertz CT molecular complexity index is 829. The van der Waals surface area contributed by atoms with Crippen LogP contribution in [0, 0.1) is 18.8 Å². The smallest absolute Gasteiger partial charge is 0.253 e. The minimum atomic E-state index is -0.197. The lowest BCUT2D eigenvalue weighted by Gasteiger charge is -2.20. The average Bonchev–Trinajstić information content (AvgIpc) is 3.43. The van der Waals surface area contributed by atoms with Crippen LogP contribution in [0.5, 0.6) is 0 Å². The van der Waals surface area contributed by atoms with E-state index in [1.165, 1.54) is 24.0 Å². The molecular weight excluding hydrogens is 336 g/mol. The molecule has 0 unspecified atom stereocenters. The van der Waals surface area contributed by atoms with Crippen molar-refractivity contribution in [3.05, 3.63) is 71.3 Å². The number of nitrogens with one attached hydrogen (secondary N) is 1. The number of aryl methyl sites for hydroxylation is 1. The average molecular weight is 362 g/mol. The third-order valence-corrected chi connectivity index (χ3v) is 5.81. The molecule has 2 atom stereocenters. The van der Waals surface area contributed by atoms with E-state index in [9.17, 15) is 9.59 Å². The molecule has 1 aliphatic heterocycles. The summed E-state index contributed by atoms with van der Waals surface area (Å²) >= 11 is 0. The Kier molecular flexibility index (Phi) is 4.97. The van der Waals surface area contributed by atoms with E-state index >= 15 is 0 Å². The van der Waals surface area contributed by atoms with Crippen LogP contribution in [0.1, 0.15) is 40.2 Å². The predicted molar refractivity (Wildman–Crippen MR) is 105 cm³/mol. The van der Waals surface area contributed by atoms with Crippen LogP contribution in [0.4, 0.5) is 0 Å². The van der Waals surface area contributed by atoms with Crippen LogP contribution in [0.15, 0.2) is 54.6 Å². The van der Waals surface area contributed by atoms with Gasteiger partial charge >= 0.3 is 0 Å². The fourth-order valence-corrected chi connectivity index (χ4v) is 4.01. The number of rotatable bonds is 5. The first kappa shape index (κ1) is 17.8. The lowest BCUT2D eigenvalue weighted by molar-refractivity contribution is -0.125. The van der Waals surface area contributed by atoms with Crippen molar-refractivity contribution in [2.45, 2.75) is 25.7 Å². The summed E-state index contributed by atoms with van der Waals surface area (Å²) in [6.45, 7) is 3.90. The summed E-state index contributed by atoms with van der Waals surface area (Å²) in [5, 5.41) is 3.13. The van der Waals surface area contributed by atoms with Gasteiger partial charge in [0.25, 0.3) is 5.91 Å². The second kappa shape index (κ2) is 7.55. The van der Waals surface area contributed by atoms with Crippen molar-refractivity contribution in [2.24, 2.45) is 11.8 Å². The molecule has 2 aromatic rings. The van der Waals surface area contributed by atoms with Gasteiger partial charge in [0.15, 0.2) is 0 Å². The van der Waals surface area contributed by atoms with Gasteiger partial charge in [0.05, 0.1) is 5.92 Å². The first-order valence-electron chi connectivity index (χ1n) is 9.81. The topological polar surface area (TPSA) is 49.4 Å². The second-order valence-corrected chi connectivity index (χ2v) is 7.83. The third-order valence-electron chi connectivity index (χ3n) is 5.81. The number of carbonyl (C=O) groups excluding carboxylic acids is 2. The Labute approximate surface area is 160 Å². The van der Waals surface area contributed by atoms with E-state index in [-0.39, 0.29) is 23.7 Å². The maximum atomic E-state index is 12.9. The van der Waals surface area contributed by atoms with Crippen molar-refractivity contribution in [1.82, 2.24) is 10.2 Å². The van der Waals surface area contributed by atoms with Gasteiger partial charge in [-0.05, 0) is 48.9 Å². The van der Waals surface area contributed by atoms with E-state index in [1.807, 2.05) is 47.4 Å². The maximum absolute atomic E-state index is 12.9. The highest BCUT2D eigenvalue weighted by Gasteiger charge is 2.41. The number of carbonyl (C=O) groups is 2. The molecule has 2 amide bonds. The monoisotopic (exact) mass is 362 g/mol. The molecule has 0 bridgehead atoms. The van der Waals surface area contributed by atoms with Crippen molar-refractivity contribution in [3.63, 3.8) is 0 Å². The molecule has 2 fully saturated rings. The van der Waals surface area contributed by atoms with Gasteiger partial charge in [-0.25, -0.2) is 0 Å². The molecule has 1 saturated carbocycles. The summed E-state index contributed by atoms with van der Waals surface area (Å²) in [7, 11) is 0. The van der Waals surface area contributed by atoms with Gasteiger partial charge < -0.3 is 10.2 Å². The fraction of sp³-hybridized carbons (Fsp3) is 0.391. The number of amides is 2. The van der Waals surface area contributed by atoms with E-state index in [1.54, 1.807) is 0 Å². The quantitative estimate of drug-likeness (QED) is 0.886. The second-order valence-electron chi connectivity index (χ2n) is 7.83. The molecule has 1 heterocycles. The van der Waals surface area contributed by atoms with Gasteiger partial charge in [-0.2, -0.15) is 0 Å². The zero-order chi connectivity index (χ0) is 18.8. The molecule has 4 rings (SSSR count). The van der Waals surface area contributed by atoms with E-state index in [4.69, 9.17) is 0 Å². The first-order chi connectivity index (χ1) is 13.1. The van der Waals surface area contributed by atoms with Crippen LogP contribution in [0.3, 0.4) is 0 Å². The molecule has 27 heavy (non-hydrogen) atoms. The molecule has 2 aromatic carbocycles. The van der Waals surface area contributed by atoms with Crippen molar-refractivity contribution in [3.8, 4) is 0 Å². The van der Waals surface area contributed by atoms with Gasteiger partial charge in [-0.1, -0.05) is 42.5 Å². The highest BCUT2D eigenvalue weighted by atomic mass is 16.2. The molecule has 4 nitrogen and oxygen atoms in total. The fourth-order valence-electron chi connectivity index (χ4n) is 4.01. The molecule has 0 spiro atoms. The van der Waals surface area contributed by atoms with Gasteiger partial charge in [-0.3, -0.25) is 9.59 Å². The van der Waals surface area contributed by atoms with E-state index in [2.05, 4.69) is 24.4 Å². The zero-order valence-electron chi connectivity index (χ0n) is 15.7. The minimum absolute atomic E-state index is 0.00618. The number of likely N-dealkylation sites (tertiary alicyclic amines) is 1. The van der Waals surface area contributed by atoms with Crippen molar-refractivity contribution < 1.29 is 9.59 Å². The van der Waals surface area contributed by atoms with Gasteiger partial charge in [0.1, 0.15) is 0 Å². The predicted octanol–water partition coefficient (Wildman–Crippen LogP) is 3.38. The SMILES string of the molecule is Cc1ccccc1[C@@H]1CN(C(=O)c2ccccc2)C[C@H]1C(=O)NCC1CC1. The van der Waals surface area contributed by atoms with E-state index < -0.39 is 0 Å². The van der Waals surface area contributed by atoms with Crippen LogP contribution in [0.2, 0.25) is 0 Å². The molecule has 4 heteroatoms. The maximum Gasteiger partial charge on any atom is 0.253 e. The van der Waals surface area contributed by atoms with E-state index in [0.29, 0.717) is 24.6 Å². The number of nitrogens with zero attached hydrogens (tertiary/aromatic N) is 1. The lowest BCUT2D eigenvalue weighted by atomic mass is 9.86. The van der Waals surface area contributed by atoms with Gasteiger partial charge in [-0.15, -0.1) is 0 Å². The Morgan fingerprint density at radius 1 is 1.00 bits per heavy atom. The molecule has 0 aromatic heterocycles. The Morgan fingerprint density at radius 3 is 2.41 bits per heavy atom. The molecule has 1 saturated heterocycles. The minimum Gasteiger partial charge on any atom is -0.356 e. The largest absolute Gasteiger partial charge is 0.356 e. The first-order valence-corrected chi connectivity index (χ1v) is 9.81. The summed E-state index contributed by atoms with van der Waals surface area (Å²) in [6, 6.07) is 17.5. The summed E-state index contributed by atoms with van der Waals surface area (Å²) in [5.41, 5.74) is 3.03. The normalized spacial score (nSPS) is 21.9. The van der Waals surface area contributed by atoms with Crippen LogP contribution >= 0.6 is 0 Å². The van der Waals surface area contributed by atoms with Crippen LogP contribution in [-0.2, 0) is 4.79 Å². The van der Waals surface area contributed by atoms with Crippen molar-refractivity contribution >= 4 is 11.8 Å². The number of hydrogen-bond acceptors (Lipinski definition) is 2. The van der Waals surface area contributed by atoms with Crippen molar-refractivity contribution in [2.75, 3.05) is 19.6 Å². The molecule has 1 aliphatic carbocycles. The van der Waals surface area contributed by atoms with Crippen LogP contribution < -0.4 is 5.32 Å². The standard InChI is InChI=1S/C23H26N2O2/c1-16-7-5-6-10-19(16)20-14-25(23(27)18-8-3-2-4-9-18)15-21(20)22(26)24-13-17-11-12-17/h2-10,17,20-21H,11-15H2,1H3,(H,24,26)/t20-,21+/m0/s1. The molecule has 140 valence electrons. The highest BCUT2D eigenvalue weighted by Crippen LogP contribution is 2.35. The van der Waals surface area contributed by atoms with Crippen molar-refractivity contribution in [1.29, 1.82) is 0 Å². The molecule has 0 radical (unpaired) electrons. The van der Waals surface area contributed by atoms with E-state index in [0.717, 1.165) is 6.54 Å². The highest BCUT2D eigenvalue weighted by molar-refractivity contribution is 5.95. The van der Waals surface area contributed by atoms with Gasteiger partial charge in [0.2, 0.25) is 5.91 Å². The summed E-state index contributed by atoms with van der Waals surface area (Å²) in [5.74, 6) is 0.579. The Hall–Kier alpha value is -2.62. The van der Waals surface area contributed by atoms with Crippen LogP contribution in [0.25, 0.3) is 0 Å². The van der Waals surface area contributed by atoms with Gasteiger partial charge in [0, 0.05) is 31.1 Å². The Morgan fingerprint density at radius 2 is 1.70 bits per heavy atom. The summed E-state index contributed by atoms with van der Waals surface area (Å²) in [6.07, 6.45) is 2.43. The molecular formula is C23H26N2O2. The number of hydrogen-bond donors (Lipinski definition) is 1.